The standard InChI is InChI=1S/C7H6N2O3/c1-4-2-3-11-5(4)6-8-7(10)12-9-6/h2-3H,1H3,(H,8,9,10). The van der Waals surface area contributed by atoms with Crippen LogP contribution in [0.1, 0.15) is 5.56 Å². The Hall–Kier alpha value is -1.78. The van der Waals surface area contributed by atoms with Crippen LogP contribution in [0.25, 0.3) is 11.6 Å². The lowest BCUT2D eigenvalue weighted by atomic mass is 10.3. The molecular formula is C7H6N2O3. The Morgan fingerprint density at radius 1 is 1.58 bits per heavy atom. The number of aromatic nitrogens is 2. The van der Waals surface area contributed by atoms with Gasteiger partial charge in [0.2, 0.25) is 5.82 Å². The van der Waals surface area contributed by atoms with Crippen LogP contribution in [0.3, 0.4) is 0 Å². The fourth-order valence-corrected chi connectivity index (χ4v) is 0.943. The van der Waals surface area contributed by atoms with Crippen molar-refractivity contribution in [3.05, 3.63) is 28.4 Å². The average molecular weight is 166 g/mol. The van der Waals surface area contributed by atoms with E-state index in [9.17, 15) is 4.79 Å². The van der Waals surface area contributed by atoms with E-state index in [1.807, 2.05) is 6.92 Å². The van der Waals surface area contributed by atoms with Crippen molar-refractivity contribution in [2.45, 2.75) is 6.92 Å². The minimum absolute atomic E-state index is 0.322. The Morgan fingerprint density at radius 3 is 2.92 bits per heavy atom. The van der Waals surface area contributed by atoms with E-state index in [0.29, 0.717) is 11.6 Å². The number of nitrogens with zero attached hydrogens (tertiary/aromatic N) is 1. The molecule has 0 spiro atoms. The van der Waals surface area contributed by atoms with Gasteiger partial charge in [-0.25, -0.2) is 4.79 Å². The molecule has 2 rings (SSSR count). The lowest BCUT2D eigenvalue weighted by molar-refractivity contribution is 0.386. The maximum atomic E-state index is 10.6. The number of hydrogen-bond donors (Lipinski definition) is 1. The summed E-state index contributed by atoms with van der Waals surface area (Å²) in [5, 5.41) is 3.48. The van der Waals surface area contributed by atoms with Gasteiger partial charge in [-0.05, 0) is 18.6 Å². The van der Waals surface area contributed by atoms with Crippen LogP contribution in [-0.4, -0.2) is 10.1 Å². The first-order valence-electron chi connectivity index (χ1n) is 3.38. The van der Waals surface area contributed by atoms with Crippen LogP contribution in [0, 0.1) is 6.92 Å². The first kappa shape index (κ1) is 6.90. The molecule has 0 saturated heterocycles. The zero-order valence-electron chi connectivity index (χ0n) is 6.33. The van der Waals surface area contributed by atoms with Gasteiger partial charge < -0.3 is 4.42 Å². The molecule has 62 valence electrons. The Labute approximate surface area is 67.0 Å². The van der Waals surface area contributed by atoms with Crippen LogP contribution in [0.2, 0.25) is 0 Å². The first-order valence-corrected chi connectivity index (χ1v) is 3.38. The monoisotopic (exact) mass is 166 g/mol. The molecule has 0 radical (unpaired) electrons. The molecule has 2 heterocycles. The van der Waals surface area contributed by atoms with E-state index in [-0.39, 0.29) is 0 Å². The molecule has 0 aliphatic heterocycles. The summed E-state index contributed by atoms with van der Waals surface area (Å²) in [7, 11) is 0. The minimum Gasteiger partial charge on any atom is -0.461 e. The quantitative estimate of drug-likeness (QED) is 0.684. The van der Waals surface area contributed by atoms with Gasteiger partial charge in [0.1, 0.15) is 0 Å². The first-order chi connectivity index (χ1) is 5.77. The highest BCUT2D eigenvalue weighted by atomic mass is 16.5. The molecule has 2 aromatic heterocycles. The third-order valence-corrected chi connectivity index (χ3v) is 1.52. The van der Waals surface area contributed by atoms with Crippen molar-refractivity contribution < 1.29 is 8.94 Å². The molecule has 0 aliphatic carbocycles. The summed E-state index contributed by atoms with van der Waals surface area (Å²) in [6.45, 7) is 1.85. The molecular weight excluding hydrogens is 160 g/mol. The van der Waals surface area contributed by atoms with Gasteiger partial charge in [0, 0.05) is 0 Å². The SMILES string of the molecule is Cc1ccoc1-c1noc(=O)[nH]1. The van der Waals surface area contributed by atoms with Gasteiger partial charge >= 0.3 is 5.76 Å². The van der Waals surface area contributed by atoms with Crippen molar-refractivity contribution in [3.8, 4) is 11.6 Å². The number of nitrogens with one attached hydrogen (secondary N) is 1. The average Bonchev–Trinajstić information content (AvgIpc) is 2.58. The summed E-state index contributed by atoms with van der Waals surface area (Å²) < 4.78 is 9.39. The maximum absolute atomic E-state index is 10.6. The van der Waals surface area contributed by atoms with Gasteiger partial charge in [0.15, 0.2) is 5.76 Å². The summed E-state index contributed by atoms with van der Waals surface area (Å²) in [6.07, 6.45) is 1.53. The lowest BCUT2D eigenvalue weighted by Crippen LogP contribution is -1.94. The van der Waals surface area contributed by atoms with Crippen molar-refractivity contribution in [1.82, 2.24) is 10.1 Å². The van der Waals surface area contributed by atoms with E-state index in [1.165, 1.54) is 6.26 Å². The Morgan fingerprint density at radius 2 is 2.42 bits per heavy atom. The van der Waals surface area contributed by atoms with E-state index in [0.717, 1.165) is 5.56 Å². The predicted molar refractivity (Wildman–Crippen MR) is 39.6 cm³/mol. The molecule has 0 unspecified atom stereocenters. The third-order valence-electron chi connectivity index (χ3n) is 1.52. The van der Waals surface area contributed by atoms with E-state index < -0.39 is 5.76 Å². The number of hydrogen-bond acceptors (Lipinski definition) is 4. The highest BCUT2D eigenvalue weighted by Gasteiger charge is 2.09. The summed E-state index contributed by atoms with van der Waals surface area (Å²) in [6, 6.07) is 1.78. The molecule has 0 fully saturated rings. The van der Waals surface area contributed by atoms with Crippen molar-refractivity contribution in [3.63, 3.8) is 0 Å². The van der Waals surface area contributed by atoms with Crippen LogP contribution in [-0.2, 0) is 0 Å². The van der Waals surface area contributed by atoms with Crippen molar-refractivity contribution in [1.29, 1.82) is 0 Å². The van der Waals surface area contributed by atoms with E-state index in [4.69, 9.17) is 4.42 Å². The zero-order valence-corrected chi connectivity index (χ0v) is 6.33. The van der Waals surface area contributed by atoms with Crippen LogP contribution in [0.5, 0.6) is 0 Å². The fourth-order valence-electron chi connectivity index (χ4n) is 0.943. The number of aromatic amines is 1. The number of furan rings is 1. The number of H-pyrrole nitrogens is 1. The van der Waals surface area contributed by atoms with Crippen LogP contribution in [0.15, 0.2) is 26.1 Å². The van der Waals surface area contributed by atoms with Crippen molar-refractivity contribution in [2.75, 3.05) is 0 Å². The second-order valence-electron chi connectivity index (χ2n) is 2.38. The maximum Gasteiger partial charge on any atom is 0.439 e. The van der Waals surface area contributed by atoms with Gasteiger partial charge in [0.05, 0.1) is 6.26 Å². The molecule has 5 nitrogen and oxygen atoms in total. The third kappa shape index (κ3) is 0.952. The number of rotatable bonds is 1. The molecule has 0 amide bonds. The van der Waals surface area contributed by atoms with Crippen LogP contribution >= 0.6 is 0 Å². The van der Waals surface area contributed by atoms with Crippen molar-refractivity contribution in [2.24, 2.45) is 0 Å². The van der Waals surface area contributed by atoms with E-state index in [1.54, 1.807) is 6.07 Å². The predicted octanol–water partition coefficient (Wildman–Crippen LogP) is 0.931. The van der Waals surface area contributed by atoms with Gasteiger partial charge in [-0.1, -0.05) is 5.16 Å². The topological polar surface area (TPSA) is 72.0 Å². The van der Waals surface area contributed by atoms with Gasteiger partial charge in [0.25, 0.3) is 0 Å². The van der Waals surface area contributed by atoms with Crippen LogP contribution in [0.4, 0.5) is 0 Å². The summed E-state index contributed by atoms with van der Waals surface area (Å²) in [4.78, 5) is 13.0. The fraction of sp³-hybridized carbons (Fsp3) is 0.143. The summed E-state index contributed by atoms with van der Waals surface area (Å²) >= 11 is 0. The Bertz CT molecular complexity index is 437. The van der Waals surface area contributed by atoms with Gasteiger partial charge in [-0.3, -0.25) is 9.51 Å². The smallest absolute Gasteiger partial charge is 0.439 e. The molecule has 0 aromatic carbocycles. The molecule has 2 aromatic rings. The normalized spacial score (nSPS) is 10.4. The van der Waals surface area contributed by atoms with Crippen molar-refractivity contribution >= 4 is 0 Å². The minimum atomic E-state index is -0.583. The Kier molecular flexibility index (Phi) is 1.36. The van der Waals surface area contributed by atoms with E-state index in [2.05, 4.69) is 14.7 Å². The molecule has 0 bridgehead atoms. The summed E-state index contributed by atoms with van der Waals surface area (Å²) in [5.74, 6) is 0.268. The highest BCUT2D eigenvalue weighted by molar-refractivity contribution is 5.50. The molecule has 0 saturated carbocycles. The molecule has 5 heteroatoms. The lowest BCUT2D eigenvalue weighted by Gasteiger charge is -1.87. The van der Waals surface area contributed by atoms with Gasteiger partial charge in [-0.15, -0.1) is 0 Å². The molecule has 0 atom stereocenters. The molecule has 0 aliphatic rings. The second-order valence-corrected chi connectivity index (χ2v) is 2.38. The zero-order chi connectivity index (χ0) is 8.55. The largest absolute Gasteiger partial charge is 0.461 e. The number of aryl methyl sites for hydroxylation is 1. The Balaban J connectivity index is 2.57. The summed E-state index contributed by atoms with van der Waals surface area (Å²) in [5.41, 5.74) is 0.902. The van der Waals surface area contributed by atoms with Crippen LogP contribution < -0.4 is 5.76 Å². The second kappa shape index (κ2) is 2.37. The van der Waals surface area contributed by atoms with E-state index >= 15 is 0 Å². The van der Waals surface area contributed by atoms with Gasteiger partial charge in [-0.2, -0.15) is 0 Å². The molecule has 1 N–H and O–H groups in total. The molecule has 12 heavy (non-hydrogen) atoms. The highest BCUT2D eigenvalue weighted by Crippen LogP contribution is 2.18.